The van der Waals surface area contributed by atoms with Crippen molar-refractivity contribution in [1.82, 2.24) is 14.9 Å². The Hall–Kier alpha value is -3.09. The van der Waals surface area contributed by atoms with Crippen LogP contribution >= 0.6 is 0 Å². The lowest BCUT2D eigenvalue weighted by Crippen LogP contribution is -2.49. The zero-order valence-electron chi connectivity index (χ0n) is 15.9. The summed E-state index contributed by atoms with van der Waals surface area (Å²) in [6.45, 7) is 6.70. The molecule has 1 amide bonds. The number of ether oxygens (including phenoxy) is 1. The Labute approximate surface area is 158 Å². The Balaban J connectivity index is 0.00000102. The number of methoxy groups -OCH3 is 1. The molecular weight excluding hydrogens is 344 g/mol. The van der Waals surface area contributed by atoms with Crippen LogP contribution in [-0.4, -0.2) is 54.1 Å². The van der Waals surface area contributed by atoms with E-state index in [1.807, 2.05) is 24.8 Å². The van der Waals surface area contributed by atoms with Crippen molar-refractivity contribution in [3.63, 3.8) is 0 Å². The molecule has 3 aromatic heterocycles. The molecule has 0 unspecified atom stereocenters. The number of hydrogen-bond acceptors (Lipinski definition) is 6. The topological polar surface area (TPSA) is 71.7 Å². The average Bonchev–Trinajstić information content (AvgIpc) is 3.24. The maximum atomic E-state index is 12.9. The highest BCUT2D eigenvalue weighted by Crippen LogP contribution is 2.28. The van der Waals surface area contributed by atoms with Gasteiger partial charge in [0.1, 0.15) is 11.3 Å². The van der Waals surface area contributed by atoms with Crippen LogP contribution in [0, 0.1) is 0 Å². The predicted molar refractivity (Wildman–Crippen MR) is 104 cm³/mol. The molecule has 0 aliphatic carbocycles. The number of fused-ring (bicyclic) bond motifs is 1. The Kier molecular flexibility index (Phi) is 5.90. The van der Waals surface area contributed by atoms with Gasteiger partial charge in [0.25, 0.3) is 5.91 Å². The maximum absolute atomic E-state index is 12.9. The molecule has 1 aliphatic rings. The maximum Gasteiger partial charge on any atom is 0.257 e. The van der Waals surface area contributed by atoms with E-state index in [2.05, 4.69) is 14.9 Å². The summed E-state index contributed by atoms with van der Waals surface area (Å²) in [7, 11) is 1.65. The van der Waals surface area contributed by atoms with E-state index in [9.17, 15) is 4.79 Å². The van der Waals surface area contributed by atoms with E-state index in [0.717, 1.165) is 24.5 Å². The standard InChI is InChI=1S/C18H18N4O3.C2H6/c1-24-16-3-5-19-12-15(16)21-7-9-22(10-8-21)18(23)13-2-6-20-14-4-11-25-17(13)14;1-2/h2-6,11-12H,7-10H2,1H3;1-2H3. The second-order valence-corrected chi connectivity index (χ2v) is 5.82. The summed E-state index contributed by atoms with van der Waals surface area (Å²) in [4.78, 5) is 25.3. The normalized spacial score (nSPS) is 13.9. The molecule has 4 heterocycles. The molecule has 0 spiro atoms. The Morgan fingerprint density at radius 1 is 1.11 bits per heavy atom. The molecule has 1 fully saturated rings. The third kappa shape index (κ3) is 3.72. The minimum Gasteiger partial charge on any atom is -0.494 e. The number of carbonyl (C=O) groups is 1. The van der Waals surface area contributed by atoms with Crippen LogP contribution in [0.3, 0.4) is 0 Å². The molecule has 1 saturated heterocycles. The average molecular weight is 368 g/mol. The fourth-order valence-corrected chi connectivity index (χ4v) is 3.15. The van der Waals surface area contributed by atoms with E-state index in [0.29, 0.717) is 29.8 Å². The molecule has 0 N–H and O–H groups in total. The van der Waals surface area contributed by atoms with E-state index in [1.165, 1.54) is 0 Å². The molecule has 0 bridgehead atoms. The van der Waals surface area contributed by atoms with Gasteiger partial charge in [-0.25, -0.2) is 0 Å². The minimum atomic E-state index is -0.0276. The third-order valence-electron chi connectivity index (χ3n) is 4.46. The zero-order chi connectivity index (χ0) is 19.2. The van der Waals surface area contributed by atoms with Crippen molar-refractivity contribution in [2.45, 2.75) is 13.8 Å². The van der Waals surface area contributed by atoms with Crippen LogP contribution in [0.4, 0.5) is 5.69 Å². The van der Waals surface area contributed by atoms with Gasteiger partial charge in [-0.05, 0) is 6.07 Å². The number of aromatic nitrogens is 2. The number of piperazine rings is 1. The number of furan rings is 1. The monoisotopic (exact) mass is 368 g/mol. The van der Waals surface area contributed by atoms with Crippen molar-refractivity contribution in [3.05, 3.63) is 48.6 Å². The molecular formula is C20H24N4O3. The fourth-order valence-electron chi connectivity index (χ4n) is 3.15. The van der Waals surface area contributed by atoms with Crippen LogP contribution in [0.1, 0.15) is 24.2 Å². The Morgan fingerprint density at radius 2 is 1.89 bits per heavy atom. The first-order valence-electron chi connectivity index (χ1n) is 9.12. The molecule has 3 aromatic rings. The van der Waals surface area contributed by atoms with E-state index in [-0.39, 0.29) is 5.91 Å². The number of nitrogens with zero attached hydrogens (tertiary/aromatic N) is 4. The van der Waals surface area contributed by atoms with Crippen molar-refractivity contribution in [2.75, 3.05) is 38.2 Å². The quantitative estimate of drug-likeness (QED) is 0.707. The van der Waals surface area contributed by atoms with Gasteiger partial charge in [-0.3, -0.25) is 14.8 Å². The predicted octanol–water partition coefficient (Wildman–Crippen LogP) is 3.22. The summed E-state index contributed by atoms with van der Waals surface area (Å²) in [6, 6.07) is 5.32. The van der Waals surface area contributed by atoms with Crippen LogP contribution in [0.5, 0.6) is 5.75 Å². The molecule has 0 aromatic carbocycles. The van der Waals surface area contributed by atoms with Crippen LogP contribution in [0.25, 0.3) is 11.1 Å². The molecule has 1 aliphatic heterocycles. The molecule has 7 heteroatoms. The van der Waals surface area contributed by atoms with Gasteiger partial charge in [-0.15, -0.1) is 0 Å². The molecule has 0 atom stereocenters. The molecule has 4 rings (SSSR count). The lowest BCUT2D eigenvalue weighted by Gasteiger charge is -2.36. The number of rotatable bonds is 3. The van der Waals surface area contributed by atoms with Gasteiger partial charge in [0, 0.05) is 50.7 Å². The Morgan fingerprint density at radius 3 is 2.63 bits per heavy atom. The van der Waals surface area contributed by atoms with E-state index in [1.54, 1.807) is 44.1 Å². The largest absolute Gasteiger partial charge is 0.494 e. The van der Waals surface area contributed by atoms with E-state index in [4.69, 9.17) is 9.15 Å². The lowest BCUT2D eigenvalue weighted by molar-refractivity contribution is 0.0747. The highest BCUT2D eigenvalue weighted by Gasteiger charge is 2.25. The van der Waals surface area contributed by atoms with E-state index >= 15 is 0 Å². The molecule has 27 heavy (non-hydrogen) atoms. The van der Waals surface area contributed by atoms with Crippen LogP contribution in [0.15, 0.2) is 47.5 Å². The SMILES string of the molecule is CC.COc1ccncc1N1CCN(C(=O)c2ccnc3ccoc23)CC1. The smallest absolute Gasteiger partial charge is 0.257 e. The van der Waals surface area contributed by atoms with Gasteiger partial charge < -0.3 is 19.0 Å². The zero-order valence-corrected chi connectivity index (χ0v) is 15.9. The summed E-state index contributed by atoms with van der Waals surface area (Å²) in [5.74, 6) is 0.765. The first-order chi connectivity index (χ1) is 13.3. The van der Waals surface area contributed by atoms with Gasteiger partial charge in [0.15, 0.2) is 5.58 Å². The molecule has 0 radical (unpaired) electrons. The number of carbonyl (C=O) groups excluding carboxylic acids is 1. The van der Waals surface area contributed by atoms with Crippen molar-refractivity contribution < 1.29 is 13.9 Å². The Bertz CT molecular complexity index is 901. The van der Waals surface area contributed by atoms with Crippen LogP contribution < -0.4 is 9.64 Å². The highest BCUT2D eigenvalue weighted by molar-refractivity contribution is 6.03. The number of amides is 1. The van der Waals surface area contributed by atoms with Crippen LogP contribution in [0.2, 0.25) is 0 Å². The first kappa shape index (κ1) is 18.7. The number of anilines is 1. The van der Waals surface area contributed by atoms with Gasteiger partial charge in [-0.1, -0.05) is 13.8 Å². The van der Waals surface area contributed by atoms with Crippen molar-refractivity contribution in [2.24, 2.45) is 0 Å². The minimum absolute atomic E-state index is 0.0276. The van der Waals surface area contributed by atoms with Gasteiger partial charge in [0.05, 0.1) is 30.8 Å². The highest BCUT2D eigenvalue weighted by atomic mass is 16.5. The van der Waals surface area contributed by atoms with Gasteiger partial charge in [-0.2, -0.15) is 0 Å². The fraction of sp³-hybridized carbons (Fsp3) is 0.350. The number of pyridine rings is 2. The van der Waals surface area contributed by atoms with Crippen molar-refractivity contribution in [1.29, 1.82) is 0 Å². The molecule has 7 nitrogen and oxygen atoms in total. The van der Waals surface area contributed by atoms with Crippen molar-refractivity contribution in [3.8, 4) is 5.75 Å². The van der Waals surface area contributed by atoms with Gasteiger partial charge >= 0.3 is 0 Å². The molecule has 0 saturated carbocycles. The third-order valence-corrected chi connectivity index (χ3v) is 4.46. The summed E-state index contributed by atoms with van der Waals surface area (Å²) >= 11 is 0. The van der Waals surface area contributed by atoms with Crippen molar-refractivity contribution >= 4 is 22.7 Å². The number of hydrogen-bond donors (Lipinski definition) is 0. The van der Waals surface area contributed by atoms with Gasteiger partial charge in [0.2, 0.25) is 0 Å². The summed E-state index contributed by atoms with van der Waals surface area (Å²) < 4.78 is 10.8. The lowest BCUT2D eigenvalue weighted by atomic mass is 10.2. The summed E-state index contributed by atoms with van der Waals surface area (Å²) in [5.41, 5.74) is 2.75. The van der Waals surface area contributed by atoms with E-state index < -0.39 is 0 Å². The summed E-state index contributed by atoms with van der Waals surface area (Å²) in [6.07, 6.45) is 6.70. The molecule has 142 valence electrons. The first-order valence-corrected chi connectivity index (χ1v) is 9.12. The second kappa shape index (κ2) is 8.53. The van der Waals surface area contributed by atoms with Crippen LogP contribution in [-0.2, 0) is 0 Å². The summed E-state index contributed by atoms with van der Waals surface area (Å²) in [5, 5.41) is 0. The second-order valence-electron chi connectivity index (χ2n) is 5.82.